The first kappa shape index (κ1) is 13.6. The highest BCUT2D eigenvalue weighted by Crippen LogP contribution is 2.35. The van der Waals surface area contributed by atoms with E-state index in [1.54, 1.807) is 4.68 Å². The summed E-state index contributed by atoms with van der Waals surface area (Å²) in [6.45, 7) is 3.88. The smallest absolute Gasteiger partial charge is 0.267 e. The number of rotatable bonds is 2. The van der Waals surface area contributed by atoms with Crippen molar-refractivity contribution in [2.45, 2.75) is 13.8 Å². The fraction of sp³-hybridized carbons (Fsp3) is 0.200. The summed E-state index contributed by atoms with van der Waals surface area (Å²) in [7, 11) is 1.85. The van der Waals surface area contributed by atoms with Gasteiger partial charge in [-0.15, -0.1) is 11.3 Å². The molecule has 0 saturated heterocycles. The number of aryl methyl sites for hydroxylation is 3. The van der Waals surface area contributed by atoms with E-state index in [2.05, 4.69) is 10.4 Å². The minimum Gasteiger partial charge on any atom is -0.397 e. The van der Waals surface area contributed by atoms with Crippen molar-refractivity contribution in [3.8, 4) is 0 Å². The molecule has 0 atom stereocenters. The van der Waals surface area contributed by atoms with Crippen LogP contribution in [0.1, 0.15) is 20.9 Å². The SMILES string of the molecule is Cc1cccc(NC(=O)c2sc3c(c(C)nn3C)c2N)c1. The summed E-state index contributed by atoms with van der Waals surface area (Å²) < 4.78 is 1.76. The van der Waals surface area contributed by atoms with Crippen LogP contribution >= 0.6 is 11.3 Å². The lowest BCUT2D eigenvalue weighted by molar-refractivity contribution is 0.103. The minimum absolute atomic E-state index is 0.182. The third kappa shape index (κ3) is 2.27. The van der Waals surface area contributed by atoms with Crippen molar-refractivity contribution >= 4 is 38.8 Å². The topological polar surface area (TPSA) is 72.9 Å². The highest BCUT2D eigenvalue weighted by Gasteiger charge is 2.20. The Morgan fingerprint density at radius 1 is 1.38 bits per heavy atom. The summed E-state index contributed by atoms with van der Waals surface area (Å²) in [6.07, 6.45) is 0. The molecule has 0 aliphatic carbocycles. The molecule has 0 aliphatic rings. The van der Waals surface area contributed by atoms with Crippen LogP contribution in [0.15, 0.2) is 24.3 Å². The molecule has 0 unspecified atom stereocenters. The number of benzene rings is 1. The van der Waals surface area contributed by atoms with Gasteiger partial charge in [-0.05, 0) is 31.5 Å². The van der Waals surface area contributed by atoms with E-state index in [0.717, 1.165) is 27.2 Å². The molecule has 0 radical (unpaired) electrons. The van der Waals surface area contributed by atoms with Crippen LogP contribution in [-0.4, -0.2) is 15.7 Å². The molecular formula is C15H16N4OS. The molecule has 2 heterocycles. The molecule has 3 aromatic rings. The number of nitrogens with zero attached hydrogens (tertiary/aromatic N) is 2. The number of hydrogen-bond acceptors (Lipinski definition) is 4. The quantitative estimate of drug-likeness (QED) is 0.764. The molecule has 0 saturated carbocycles. The molecule has 3 N–H and O–H groups in total. The second kappa shape index (κ2) is 4.89. The van der Waals surface area contributed by atoms with Gasteiger partial charge in [-0.1, -0.05) is 12.1 Å². The van der Waals surface area contributed by atoms with Gasteiger partial charge in [-0.3, -0.25) is 9.48 Å². The second-order valence-electron chi connectivity index (χ2n) is 5.06. The Kier molecular flexibility index (Phi) is 3.17. The van der Waals surface area contributed by atoms with Crippen molar-refractivity contribution in [2.24, 2.45) is 7.05 Å². The lowest BCUT2D eigenvalue weighted by Gasteiger charge is -2.05. The lowest BCUT2D eigenvalue weighted by atomic mass is 10.2. The van der Waals surface area contributed by atoms with Crippen LogP contribution < -0.4 is 11.1 Å². The van der Waals surface area contributed by atoms with E-state index >= 15 is 0 Å². The summed E-state index contributed by atoms with van der Waals surface area (Å²) in [6, 6.07) is 7.68. The Morgan fingerprint density at radius 2 is 2.14 bits per heavy atom. The van der Waals surface area contributed by atoms with Gasteiger partial charge >= 0.3 is 0 Å². The van der Waals surface area contributed by atoms with E-state index in [-0.39, 0.29) is 5.91 Å². The van der Waals surface area contributed by atoms with E-state index < -0.39 is 0 Å². The van der Waals surface area contributed by atoms with Gasteiger partial charge in [0.25, 0.3) is 5.91 Å². The summed E-state index contributed by atoms with van der Waals surface area (Å²) in [5.74, 6) is -0.182. The summed E-state index contributed by atoms with van der Waals surface area (Å²) in [5, 5.41) is 8.09. The molecule has 6 heteroatoms. The number of amides is 1. The standard InChI is InChI=1S/C15H16N4OS/c1-8-5-4-6-10(7-8)17-14(20)13-12(16)11-9(2)18-19(3)15(11)21-13/h4-7H,16H2,1-3H3,(H,17,20). The number of hydrogen-bond donors (Lipinski definition) is 2. The van der Waals surface area contributed by atoms with E-state index in [1.807, 2.05) is 45.2 Å². The Hall–Kier alpha value is -2.34. The van der Waals surface area contributed by atoms with Crippen LogP contribution in [0.25, 0.3) is 10.2 Å². The molecule has 2 aromatic heterocycles. The predicted molar refractivity (Wildman–Crippen MR) is 86.9 cm³/mol. The number of anilines is 2. The average molecular weight is 300 g/mol. The van der Waals surface area contributed by atoms with Gasteiger partial charge in [0.2, 0.25) is 0 Å². The van der Waals surface area contributed by atoms with Gasteiger partial charge < -0.3 is 11.1 Å². The molecule has 5 nitrogen and oxygen atoms in total. The van der Waals surface area contributed by atoms with Crippen LogP contribution in [0.3, 0.4) is 0 Å². The lowest BCUT2D eigenvalue weighted by Crippen LogP contribution is -2.12. The van der Waals surface area contributed by atoms with Crippen LogP contribution in [0, 0.1) is 13.8 Å². The number of carbonyl (C=O) groups is 1. The molecule has 108 valence electrons. The number of nitrogen functional groups attached to an aromatic ring is 1. The van der Waals surface area contributed by atoms with Crippen molar-refractivity contribution in [1.82, 2.24) is 9.78 Å². The maximum atomic E-state index is 12.4. The van der Waals surface area contributed by atoms with Gasteiger partial charge in [0.1, 0.15) is 9.71 Å². The maximum absolute atomic E-state index is 12.4. The highest BCUT2D eigenvalue weighted by molar-refractivity contribution is 7.21. The number of thiophene rings is 1. The van der Waals surface area contributed by atoms with Gasteiger partial charge in [0, 0.05) is 12.7 Å². The normalized spacial score (nSPS) is 11.0. The van der Waals surface area contributed by atoms with Crippen molar-refractivity contribution < 1.29 is 4.79 Å². The Balaban J connectivity index is 1.98. The maximum Gasteiger partial charge on any atom is 0.267 e. The number of carbonyl (C=O) groups excluding carboxylic acids is 1. The van der Waals surface area contributed by atoms with Gasteiger partial charge in [-0.2, -0.15) is 5.10 Å². The van der Waals surface area contributed by atoms with E-state index in [9.17, 15) is 4.79 Å². The van der Waals surface area contributed by atoms with Crippen LogP contribution in [0.2, 0.25) is 0 Å². The largest absolute Gasteiger partial charge is 0.397 e. The fourth-order valence-corrected chi connectivity index (χ4v) is 3.49. The van der Waals surface area contributed by atoms with E-state index in [0.29, 0.717) is 10.6 Å². The molecule has 0 spiro atoms. The summed E-state index contributed by atoms with van der Waals surface area (Å²) in [5.41, 5.74) is 9.35. The third-order valence-corrected chi connectivity index (χ3v) is 4.64. The van der Waals surface area contributed by atoms with Crippen LogP contribution in [0.4, 0.5) is 11.4 Å². The first-order valence-corrected chi connectivity index (χ1v) is 7.38. The molecule has 0 fully saturated rings. The van der Waals surface area contributed by atoms with Crippen molar-refractivity contribution in [3.05, 3.63) is 40.4 Å². The van der Waals surface area contributed by atoms with E-state index in [4.69, 9.17) is 5.73 Å². The number of fused-ring (bicyclic) bond motifs is 1. The molecule has 1 amide bonds. The van der Waals surface area contributed by atoms with Gasteiger partial charge in [0.05, 0.1) is 16.8 Å². The highest BCUT2D eigenvalue weighted by atomic mass is 32.1. The van der Waals surface area contributed by atoms with Crippen molar-refractivity contribution in [1.29, 1.82) is 0 Å². The van der Waals surface area contributed by atoms with Gasteiger partial charge in [-0.25, -0.2) is 0 Å². The number of nitrogens with one attached hydrogen (secondary N) is 1. The Morgan fingerprint density at radius 3 is 2.81 bits per heavy atom. The zero-order valence-corrected chi connectivity index (χ0v) is 12.9. The average Bonchev–Trinajstić information content (AvgIpc) is 2.89. The number of nitrogens with two attached hydrogens (primary N) is 1. The molecule has 21 heavy (non-hydrogen) atoms. The Bertz CT molecular complexity index is 847. The van der Waals surface area contributed by atoms with Crippen LogP contribution in [0.5, 0.6) is 0 Å². The predicted octanol–water partition coefficient (Wildman–Crippen LogP) is 3.09. The van der Waals surface area contributed by atoms with Crippen molar-refractivity contribution in [2.75, 3.05) is 11.1 Å². The van der Waals surface area contributed by atoms with Crippen LogP contribution in [-0.2, 0) is 7.05 Å². The third-order valence-electron chi connectivity index (χ3n) is 3.36. The first-order chi connectivity index (χ1) is 9.97. The zero-order valence-electron chi connectivity index (χ0n) is 12.1. The molecule has 0 bridgehead atoms. The summed E-state index contributed by atoms with van der Waals surface area (Å²) >= 11 is 1.37. The molecule has 3 rings (SSSR count). The van der Waals surface area contributed by atoms with Crippen molar-refractivity contribution in [3.63, 3.8) is 0 Å². The zero-order chi connectivity index (χ0) is 15.1. The molecular weight excluding hydrogens is 284 g/mol. The fourth-order valence-electron chi connectivity index (χ4n) is 2.41. The summed E-state index contributed by atoms with van der Waals surface area (Å²) in [4.78, 5) is 13.9. The molecule has 0 aliphatic heterocycles. The minimum atomic E-state index is -0.182. The number of aromatic nitrogens is 2. The Labute approximate surface area is 126 Å². The second-order valence-corrected chi connectivity index (χ2v) is 6.06. The first-order valence-electron chi connectivity index (χ1n) is 6.57. The van der Waals surface area contributed by atoms with E-state index in [1.165, 1.54) is 11.3 Å². The molecule has 1 aromatic carbocycles. The monoisotopic (exact) mass is 300 g/mol. The van der Waals surface area contributed by atoms with Gasteiger partial charge in [0.15, 0.2) is 0 Å².